The van der Waals surface area contributed by atoms with E-state index in [0.29, 0.717) is 39.0 Å². The van der Waals surface area contributed by atoms with Crippen molar-refractivity contribution in [1.29, 1.82) is 0 Å². The van der Waals surface area contributed by atoms with E-state index in [1.807, 2.05) is 30.3 Å². The van der Waals surface area contributed by atoms with Gasteiger partial charge in [-0.05, 0) is 55.5 Å². The maximum atomic E-state index is 12.5. The van der Waals surface area contributed by atoms with Gasteiger partial charge in [-0.15, -0.1) is 11.3 Å². The fourth-order valence-electron chi connectivity index (χ4n) is 2.89. The summed E-state index contributed by atoms with van der Waals surface area (Å²) in [4.78, 5) is 32.8. The molecular weight excluding hydrogens is 400 g/mol. The summed E-state index contributed by atoms with van der Waals surface area (Å²) in [5.74, 6) is 1.45. The molecule has 0 aliphatic carbocycles. The molecule has 0 atom stereocenters. The number of aromatic amines is 1. The van der Waals surface area contributed by atoms with Crippen LogP contribution in [0.15, 0.2) is 29.1 Å². The summed E-state index contributed by atoms with van der Waals surface area (Å²) in [7, 11) is 0. The summed E-state index contributed by atoms with van der Waals surface area (Å²) < 4.78 is 10.8. The van der Waals surface area contributed by atoms with Crippen molar-refractivity contribution in [2.24, 2.45) is 5.92 Å². The molecule has 2 aromatic heterocycles. The minimum atomic E-state index is -0.426. The number of hydrogen-bond donors (Lipinski definition) is 1. The average molecular weight is 427 g/mol. The van der Waals surface area contributed by atoms with E-state index in [4.69, 9.17) is 9.47 Å². The predicted octanol–water partition coefficient (Wildman–Crippen LogP) is 5.07. The first kappa shape index (κ1) is 21.8. The molecule has 0 saturated carbocycles. The first-order chi connectivity index (χ1) is 14.4. The third-order valence-corrected chi connectivity index (χ3v) is 5.72. The number of ether oxygens (including phenoxy) is 2. The van der Waals surface area contributed by atoms with Crippen LogP contribution in [0.1, 0.15) is 53.8 Å². The Morgan fingerprint density at radius 3 is 2.63 bits per heavy atom. The second-order valence-electron chi connectivity index (χ2n) is 7.34. The zero-order valence-corrected chi connectivity index (χ0v) is 18.5. The van der Waals surface area contributed by atoms with Gasteiger partial charge in [-0.3, -0.25) is 4.79 Å². The molecule has 7 heteroatoms. The van der Waals surface area contributed by atoms with Gasteiger partial charge in [-0.25, -0.2) is 9.78 Å². The molecule has 30 heavy (non-hydrogen) atoms. The molecule has 158 valence electrons. The summed E-state index contributed by atoms with van der Waals surface area (Å²) in [6, 6.07) is 7.75. The number of rotatable bonds is 8. The van der Waals surface area contributed by atoms with Gasteiger partial charge in [0.2, 0.25) is 0 Å². The molecule has 0 fully saturated rings. The second kappa shape index (κ2) is 9.71. The van der Waals surface area contributed by atoms with Crippen LogP contribution in [-0.4, -0.2) is 29.2 Å². The van der Waals surface area contributed by atoms with Crippen molar-refractivity contribution >= 4 is 39.7 Å². The van der Waals surface area contributed by atoms with Crippen molar-refractivity contribution in [2.45, 2.75) is 34.1 Å². The van der Waals surface area contributed by atoms with E-state index >= 15 is 0 Å². The molecule has 0 amide bonds. The molecule has 0 unspecified atom stereocenters. The highest BCUT2D eigenvalue weighted by atomic mass is 32.1. The van der Waals surface area contributed by atoms with Gasteiger partial charge in [0.25, 0.3) is 5.56 Å². The summed E-state index contributed by atoms with van der Waals surface area (Å²) in [5.41, 5.74) is 1.30. The number of fused-ring (bicyclic) bond motifs is 1. The Kier molecular flexibility index (Phi) is 7.05. The van der Waals surface area contributed by atoms with Crippen LogP contribution in [0.3, 0.4) is 0 Å². The molecule has 0 aliphatic rings. The van der Waals surface area contributed by atoms with E-state index in [0.717, 1.165) is 17.7 Å². The predicted molar refractivity (Wildman–Crippen MR) is 121 cm³/mol. The number of nitrogens with one attached hydrogen (secondary N) is 1. The summed E-state index contributed by atoms with van der Waals surface area (Å²) in [5, 5.41) is 0.433. The highest BCUT2D eigenvalue weighted by Crippen LogP contribution is 2.27. The second-order valence-corrected chi connectivity index (χ2v) is 8.34. The number of esters is 1. The maximum Gasteiger partial charge on any atom is 0.348 e. The van der Waals surface area contributed by atoms with Crippen molar-refractivity contribution in [1.82, 2.24) is 9.97 Å². The number of carbonyl (C=O) groups is 1. The molecule has 0 aliphatic heterocycles. The van der Waals surface area contributed by atoms with Gasteiger partial charge in [0.05, 0.1) is 18.6 Å². The maximum absolute atomic E-state index is 12.5. The van der Waals surface area contributed by atoms with Crippen LogP contribution in [0.25, 0.3) is 22.4 Å². The average Bonchev–Trinajstić information content (AvgIpc) is 3.04. The quantitative estimate of drug-likeness (QED) is 0.509. The topological polar surface area (TPSA) is 81.3 Å². The highest BCUT2D eigenvalue weighted by Gasteiger charge is 2.19. The zero-order valence-electron chi connectivity index (χ0n) is 17.7. The van der Waals surface area contributed by atoms with Crippen molar-refractivity contribution < 1.29 is 14.3 Å². The van der Waals surface area contributed by atoms with E-state index in [1.165, 1.54) is 11.3 Å². The van der Waals surface area contributed by atoms with Crippen LogP contribution >= 0.6 is 11.3 Å². The number of aromatic nitrogens is 2. The third kappa shape index (κ3) is 5.16. The number of carbonyl (C=O) groups excluding carboxylic acids is 1. The monoisotopic (exact) mass is 426 g/mol. The lowest BCUT2D eigenvalue weighted by Gasteiger charge is -2.08. The van der Waals surface area contributed by atoms with Gasteiger partial charge in [-0.2, -0.15) is 0 Å². The lowest BCUT2D eigenvalue weighted by Crippen LogP contribution is -2.10. The van der Waals surface area contributed by atoms with Gasteiger partial charge in [0.15, 0.2) is 0 Å². The standard InChI is InChI=1S/C23H26N2O4S/c1-5-28-23(27)20-15(4)19-21(26)24-18(25-22(19)30-20)11-8-16-6-9-17(10-7-16)29-13-12-14(2)3/h6-11,14H,5,12-13H2,1-4H3,(H,24,25,26). The molecule has 1 aromatic carbocycles. The van der Waals surface area contributed by atoms with Crippen molar-refractivity contribution in [3.8, 4) is 5.75 Å². The number of thiophene rings is 1. The Bertz CT molecular complexity index is 1110. The van der Waals surface area contributed by atoms with Gasteiger partial charge in [0, 0.05) is 0 Å². The van der Waals surface area contributed by atoms with E-state index in [9.17, 15) is 9.59 Å². The summed E-state index contributed by atoms with van der Waals surface area (Å²) >= 11 is 1.18. The number of aryl methyl sites for hydroxylation is 1. The fraction of sp³-hybridized carbons (Fsp3) is 0.348. The van der Waals surface area contributed by atoms with Gasteiger partial charge >= 0.3 is 5.97 Å². The van der Waals surface area contributed by atoms with E-state index in [1.54, 1.807) is 19.9 Å². The van der Waals surface area contributed by atoms with E-state index in [2.05, 4.69) is 23.8 Å². The summed E-state index contributed by atoms with van der Waals surface area (Å²) in [6.45, 7) is 8.81. The molecule has 0 radical (unpaired) electrons. The first-order valence-corrected chi connectivity index (χ1v) is 10.8. The lowest BCUT2D eigenvalue weighted by atomic mass is 10.1. The highest BCUT2D eigenvalue weighted by molar-refractivity contribution is 7.20. The largest absolute Gasteiger partial charge is 0.494 e. The van der Waals surface area contributed by atoms with E-state index < -0.39 is 5.97 Å². The first-order valence-electron chi connectivity index (χ1n) is 10.0. The molecule has 0 bridgehead atoms. The molecule has 0 spiro atoms. The number of hydrogen-bond acceptors (Lipinski definition) is 6. The van der Waals surface area contributed by atoms with Crippen molar-refractivity contribution in [3.63, 3.8) is 0 Å². The SMILES string of the molecule is CCOC(=O)c1sc2nc(C=Cc3ccc(OCCC(C)C)cc3)[nH]c(=O)c2c1C. The smallest absolute Gasteiger partial charge is 0.348 e. The minimum Gasteiger partial charge on any atom is -0.494 e. The third-order valence-electron chi connectivity index (χ3n) is 4.56. The number of H-pyrrole nitrogens is 1. The number of benzene rings is 1. The van der Waals surface area contributed by atoms with Crippen LogP contribution < -0.4 is 10.3 Å². The Morgan fingerprint density at radius 2 is 1.97 bits per heavy atom. The van der Waals surface area contributed by atoms with Crippen LogP contribution in [0, 0.1) is 12.8 Å². The minimum absolute atomic E-state index is 0.266. The van der Waals surface area contributed by atoms with Crippen LogP contribution in [0.4, 0.5) is 0 Å². The van der Waals surface area contributed by atoms with Crippen LogP contribution in [0.5, 0.6) is 5.75 Å². The van der Waals surface area contributed by atoms with Crippen LogP contribution in [0.2, 0.25) is 0 Å². The Hall–Kier alpha value is -2.93. The Balaban J connectivity index is 1.78. The molecule has 3 aromatic rings. The molecule has 3 rings (SSSR count). The van der Waals surface area contributed by atoms with Crippen molar-refractivity contribution in [2.75, 3.05) is 13.2 Å². The molecule has 2 heterocycles. The fourth-order valence-corrected chi connectivity index (χ4v) is 3.98. The van der Waals surface area contributed by atoms with Gasteiger partial charge in [0.1, 0.15) is 21.3 Å². The molecule has 6 nitrogen and oxygen atoms in total. The van der Waals surface area contributed by atoms with Gasteiger partial charge < -0.3 is 14.5 Å². The van der Waals surface area contributed by atoms with Crippen LogP contribution in [-0.2, 0) is 4.74 Å². The molecular formula is C23H26N2O4S. The molecule has 0 saturated heterocycles. The molecule has 1 N–H and O–H groups in total. The van der Waals surface area contributed by atoms with Gasteiger partial charge in [-0.1, -0.05) is 32.1 Å². The zero-order chi connectivity index (χ0) is 21.7. The Morgan fingerprint density at radius 1 is 1.23 bits per heavy atom. The Labute approximate surface area is 179 Å². The lowest BCUT2D eigenvalue weighted by molar-refractivity contribution is 0.0531. The van der Waals surface area contributed by atoms with E-state index in [-0.39, 0.29) is 12.2 Å². The normalized spacial score (nSPS) is 11.5. The van der Waals surface area contributed by atoms with Crippen molar-refractivity contribution in [3.05, 3.63) is 56.4 Å². The summed E-state index contributed by atoms with van der Waals surface area (Å²) in [6.07, 6.45) is 4.63. The number of nitrogens with zero attached hydrogens (tertiary/aromatic N) is 1.